The van der Waals surface area contributed by atoms with Gasteiger partial charge in [0, 0.05) is 54.7 Å². The van der Waals surface area contributed by atoms with E-state index in [1.165, 1.54) is 5.56 Å². The first-order chi connectivity index (χ1) is 12.3. The first kappa shape index (κ1) is 16.7. The van der Waals surface area contributed by atoms with Crippen molar-refractivity contribution in [3.05, 3.63) is 58.0 Å². The molecular weight excluding hydrogens is 353 g/mol. The predicted molar refractivity (Wildman–Crippen MR) is 104 cm³/mol. The van der Waals surface area contributed by atoms with Crippen LogP contribution in [0.4, 0.5) is 10.1 Å². The van der Waals surface area contributed by atoms with Gasteiger partial charge in [-0.15, -0.1) is 11.3 Å². The Hall–Kier alpha value is -1.76. The molecule has 1 aliphatic rings. The quantitative estimate of drug-likeness (QED) is 0.659. The maximum absolute atomic E-state index is 13.1. The lowest BCUT2D eigenvalue weighted by atomic mass is 10.2. The molecule has 130 valence electrons. The summed E-state index contributed by atoms with van der Waals surface area (Å²) in [5.41, 5.74) is 3.48. The van der Waals surface area contributed by atoms with Crippen molar-refractivity contribution >= 4 is 28.4 Å². The second-order valence-corrected chi connectivity index (χ2v) is 7.89. The minimum absolute atomic E-state index is 0.176. The number of benzene rings is 1. The zero-order valence-electron chi connectivity index (χ0n) is 13.9. The van der Waals surface area contributed by atoms with Crippen LogP contribution in [-0.4, -0.2) is 36.1 Å². The number of thiazole rings is 1. The van der Waals surface area contributed by atoms with Gasteiger partial charge in [0.15, 0.2) is 0 Å². The summed E-state index contributed by atoms with van der Waals surface area (Å²) in [6, 6.07) is 8.95. The zero-order valence-corrected chi connectivity index (χ0v) is 15.5. The minimum Gasteiger partial charge on any atom is -0.370 e. The van der Waals surface area contributed by atoms with Gasteiger partial charge in [0.05, 0.1) is 5.69 Å². The van der Waals surface area contributed by atoms with E-state index in [0.717, 1.165) is 55.5 Å². The monoisotopic (exact) mass is 373 g/mol. The minimum atomic E-state index is -0.176. The van der Waals surface area contributed by atoms with E-state index >= 15 is 0 Å². The number of nitrogens with zero attached hydrogens (tertiary/aromatic N) is 3. The van der Waals surface area contributed by atoms with E-state index in [4.69, 9.17) is 4.98 Å². The number of aromatic nitrogens is 1. The molecule has 3 nitrogen and oxygen atoms in total. The Kier molecular flexibility index (Phi) is 5.10. The van der Waals surface area contributed by atoms with Crippen LogP contribution in [0.3, 0.4) is 0 Å². The van der Waals surface area contributed by atoms with Crippen LogP contribution in [0.25, 0.3) is 10.6 Å². The van der Waals surface area contributed by atoms with Gasteiger partial charge in [0.1, 0.15) is 10.8 Å². The van der Waals surface area contributed by atoms with Gasteiger partial charge in [-0.25, -0.2) is 9.37 Å². The van der Waals surface area contributed by atoms with Crippen LogP contribution in [0, 0.1) is 5.82 Å². The van der Waals surface area contributed by atoms with Crippen LogP contribution in [0.5, 0.6) is 0 Å². The molecular formula is C19H20FN3S2. The highest BCUT2D eigenvalue weighted by Gasteiger charge is 2.16. The van der Waals surface area contributed by atoms with Crippen LogP contribution in [-0.2, 0) is 6.54 Å². The fourth-order valence-electron chi connectivity index (χ4n) is 3.17. The van der Waals surface area contributed by atoms with Crippen LogP contribution in [0.2, 0.25) is 0 Å². The van der Waals surface area contributed by atoms with Crippen LogP contribution >= 0.6 is 22.7 Å². The maximum atomic E-state index is 13.1. The van der Waals surface area contributed by atoms with Gasteiger partial charge in [0.25, 0.3) is 0 Å². The third kappa shape index (κ3) is 4.08. The van der Waals surface area contributed by atoms with Crippen molar-refractivity contribution in [2.24, 2.45) is 0 Å². The van der Waals surface area contributed by atoms with Gasteiger partial charge in [0.2, 0.25) is 0 Å². The molecule has 0 bridgehead atoms. The van der Waals surface area contributed by atoms with Gasteiger partial charge in [-0.1, -0.05) is 0 Å². The molecule has 3 heterocycles. The lowest BCUT2D eigenvalue weighted by Crippen LogP contribution is -2.30. The van der Waals surface area contributed by atoms with Crippen molar-refractivity contribution in [1.82, 2.24) is 9.88 Å². The van der Waals surface area contributed by atoms with Gasteiger partial charge in [-0.3, -0.25) is 4.90 Å². The second kappa shape index (κ2) is 7.64. The fraction of sp³-hybridized carbons (Fsp3) is 0.316. The van der Waals surface area contributed by atoms with E-state index in [9.17, 15) is 4.39 Å². The van der Waals surface area contributed by atoms with Crippen LogP contribution in [0.1, 0.15) is 12.1 Å². The summed E-state index contributed by atoms with van der Waals surface area (Å²) in [6.45, 7) is 4.95. The van der Waals surface area contributed by atoms with E-state index in [0.29, 0.717) is 0 Å². The normalized spacial score (nSPS) is 16.1. The Morgan fingerprint density at radius 2 is 1.88 bits per heavy atom. The Morgan fingerprint density at radius 1 is 1.00 bits per heavy atom. The summed E-state index contributed by atoms with van der Waals surface area (Å²) in [6.07, 6.45) is 1.11. The molecule has 0 N–H and O–H groups in total. The first-order valence-corrected chi connectivity index (χ1v) is 10.3. The van der Waals surface area contributed by atoms with E-state index in [-0.39, 0.29) is 5.82 Å². The highest BCUT2D eigenvalue weighted by atomic mass is 32.1. The number of thiophene rings is 1. The summed E-state index contributed by atoms with van der Waals surface area (Å²) in [5, 5.41) is 7.53. The Labute approximate surface area is 155 Å². The molecule has 1 fully saturated rings. The fourth-order valence-corrected chi connectivity index (χ4v) is 4.69. The second-order valence-electron chi connectivity index (χ2n) is 6.25. The Morgan fingerprint density at radius 3 is 2.68 bits per heavy atom. The van der Waals surface area contributed by atoms with Crippen molar-refractivity contribution in [2.45, 2.75) is 13.0 Å². The van der Waals surface area contributed by atoms with Gasteiger partial charge in [-0.05, 0) is 42.1 Å². The van der Waals surface area contributed by atoms with Crippen molar-refractivity contribution in [3.63, 3.8) is 0 Å². The van der Waals surface area contributed by atoms with E-state index < -0.39 is 0 Å². The number of hydrogen-bond donors (Lipinski definition) is 0. The van der Waals surface area contributed by atoms with Gasteiger partial charge < -0.3 is 4.90 Å². The van der Waals surface area contributed by atoms with Crippen molar-refractivity contribution < 1.29 is 4.39 Å². The molecule has 2 aromatic heterocycles. The molecule has 0 radical (unpaired) electrons. The summed E-state index contributed by atoms with van der Waals surface area (Å²) in [5.74, 6) is -0.176. The standard InChI is InChI=1S/C19H20FN3S2/c20-16-2-4-18(5-3-16)23-8-1-7-22(9-10-23)12-17-14-25-19(21-17)15-6-11-24-13-15/h2-6,11,13-14H,1,7-10,12H2. The number of halogens is 1. The van der Waals surface area contributed by atoms with E-state index in [1.807, 2.05) is 12.1 Å². The molecule has 4 rings (SSSR count). The molecule has 1 saturated heterocycles. The van der Waals surface area contributed by atoms with Crippen LogP contribution < -0.4 is 4.90 Å². The SMILES string of the molecule is Fc1ccc(N2CCCN(Cc3csc(-c4ccsc4)n3)CC2)cc1. The topological polar surface area (TPSA) is 19.4 Å². The van der Waals surface area contributed by atoms with Crippen molar-refractivity contribution in [2.75, 3.05) is 31.1 Å². The summed E-state index contributed by atoms with van der Waals surface area (Å²) >= 11 is 3.43. The Bertz CT molecular complexity index is 798. The number of rotatable bonds is 4. The van der Waals surface area contributed by atoms with Crippen LogP contribution in [0.15, 0.2) is 46.5 Å². The number of anilines is 1. The van der Waals surface area contributed by atoms with E-state index in [1.54, 1.807) is 34.8 Å². The molecule has 6 heteroatoms. The molecule has 25 heavy (non-hydrogen) atoms. The lowest BCUT2D eigenvalue weighted by Gasteiger charge is -2.23. The third-order valence-electron chi connectivity index (χ3n) is 4.49. The molecule has 0 atom stereocenters. The van der Waals surface area contributed by atoms with Gasteiger partial charge >= 0.3 is 0 Å². The summed E-state index contributed by atoms with van der Waals surface area (Å²) in [4.78, 5) is 9.61. The van der Waals surface area contributed by atoms with E-state index in [2.05, 4.69) is 32.0 Å². The number of hydrogen-bond acceptors (Lipinski definition) is 5. The molecule has 3 aromatic rings. The molecule has 1 aromatic carbocycles. The van der Waals surface area contributed by atoms with Crippen molar-refractivity contribution in [3.8, 4) is 10.6 Å². The molecule has 1 aliphatic heterocycles. The molecule has 0 unspecified atom stereocenters. The van der Waals surface area contributed by atoms with Crippen molar-refractivity contribution in [1.29, 1.82) is 0 Å². The average Bonchev–Trinajstić information content (AvgIpc) is 3.25. The average molecular weight is 374 g/mol. The van der Waals surface area contributed by atoms with Gasteiger partial charge in [-0.2, -0.15) is 11.3 Å². The summed E-state index contributed by atoms with van der Waals surface area (Å²) < 4.78 is 13.1. The molecule has 0 spiro atoms. The zero-order chi connectivity index (χ0) is 17.1. The molecule has 0 saturated carbocycles. The third-order valence-corrected chi connectivity index (χ3v) is 6.11. The Balaban J connectivity index is 1.37. The first-order valence-electron chi connectivity index (χ1n) is 8.48. The highest BCUT2D eigenvalue weighted by Crippen LogP contribution is 2.26. The maximum Gasteiger partial charge on any atom is 0.124 e. The molecule has 0 aliphatic carbocycles. The smallest absolute Gasteiger partial charge is 0.124 e. The predicted octanol–water partition coefficient (Wildman–Crippen LogP) is 4.72. The lowest BCUT2D eigenvalue weighted by molar-refractivity contribution is 0.282. The molecule has 0 amide bonds. The highest BCUT2D eigenvalue weighted by molar-refractivity contribution is 7.14. The summed E-state index contributed by atoms with van der Waals surface area (Å²) in [7, 11) is 0. The largest absolute Gasteiger partial charge is 0.370 e.